The number of fused-ring (bicyclic) bond motifs is 1. The van der Waals surface area contributed by atoms with Crippen molar-refractivity contribution in [2.24, 2.45) is 0 Å². The summed E-state index contributed by atoms with van der Waals surface area (Å²) in [5.74, 6) is -1.20. The molecule has 0 unspecified atom stereocenters. The van der Waals surface area contributed by atoms with E-state index >= 15 is 0 Å². The Morgan fingerprint density at radius 2 is 2.10 bits per heavy atom. The van der Waals surface area contributed by atoms with Crippen LogP contribution in [0.5, 0.6) is 0 Å². The fourth-order valence-electron chi connectivity index (χ4n) is 1.60. The van der Waals surface area contributed by atoms with Gasteiger partial charge in [-0.25, -0.2) is 14.6 Å². The van der Waals surface area contributed by atoms with Crippen LogP contribution in [0.4, 0.5) is 9.93 Å². The van der Waals surface area contributed by atoms with Crippen LogP contribution in [0.15, 0.2) is 24.3 Å². The molecule has 0 saturated carbocycles. The molecule has 1 heterocycles. The van der Waals surface area contributed by atoms with Crippen molar-refractivity contribution >= 4 is 38.7 Å². The topological polar surface area (TPSA) is 112 Å². The van der Waals surface area contributed by atoms with Crippen LogP contribution < -0.4 is 10.6 Å². The first kappa shape index (κ1) is 14.2. The van der Waals surface area contributed by atoms with E-state index in [1.807, 2.05) is 24.3 Å². The van der Waals surface area contributed by atoms with Crippen molar-refractivity contribution in [1.29, 1.82) is 0 Å². The number of rotatable bonds is 5. The Bertz CT molecular complexity index is 595. The van der Waals surface area contributed by atoms with E-state index in [0.29, 0.717) is 5.13 Å². The first-order valence-corrected chi connectivity index (χ1v) is 6.68. The summed E-state index contributed by atoms with van der Waals surface area (Å²) in [5, 5.41) is 22.7. The number of para-hydroxylation sites is 1. The monoisotopic (exact) mass is 295 g/mol. The Morgan fingerprint density at radius 3 is 2.75 bits per heavy atom. The van der Waals surface area contributed by atoms with Gasteiger partial charge in [-0.2, -0.15) is 0 Å². The molecule has 0 bridgehead atoms. The lowest BCUT2D eigenvalue weighted by Crippen LogP contribution is -2.43. The van der Waals surface area contributed by atoms with Crippen molar-refractivity contribution in [1.82, 2.24) is 10.3 Å². The molecule has 0 aliphatic rings. The van der Waals surface area contributed by atoms with E-state index < -0.39 is 18.0 Å². The van der Waals surface area contributed by atoms with Gasteiger partial charge in [0.25, 0.3) is 0 Å². The number of thiazole rings is 1. The van der Waals surface area contributed by atoms with Gasteiger partial charge in [0, 0.05) is 13.0 Å². The SMILES string of the molecule is O=C(Nc1nc2ccccc2s1)N[C@@H](CCO)C(=O)O. The summed E-state index contributed by atoms with van der Waals surface area (Å²) in [6, 6.07) is 5.61. The zero-order valence-corrected chi connectivity index (χ0v) is 11.2. The van der Waals surface area contributed by atoms with Crippen molar-refractivity contribution in [2.45, 2.75) is 12.5 Å². The summed E-state index contributed by atoms with van der Waals surface area (Å²) < 4.78 is 0.924. The fraction of sp³-hybridized carbons (Fsp3) is 0.250. The number of carboxylic acid groups (broad SMARTS) is 1. The van der Waals surface area contributed by atoms with E-state index in [1.165, 1.54) is 11.3 Å². The summed E-state index contributed by atoms with van der Waals surface area (Å²) in [6.07, 6.45) is -0.0530. The Labute approximate surface area is 118 Å². The molecule has 7 nitrogen and oxygen atoms in total. The highest BCUT2D eigenvalue weighted by Gasteiger charge is 2.19. The molecule has 2 rings (SSSR count). The van der Waals surface area contributed by atoms with Crippen molar-refractivity contribution in [3.05, 3.63) is 24.3 Å². The lowest BCUT2D eigenvalue weighted by Gasteiger charge is -2.12. The van der Waals surface area contributed by atoms with Crippen LogP contribution in [0.3, 0.4) is 0 Å². The van der Waals surface area contributed by atoms with E-state index in [0.717, 1.165) is 10.2 Å². The van der Waals surface area contributed by atoms with Gasteiger partial charge < -0.3 is 15.5 Å². The largest absolute Gasteiger partial charge is 0.480 e. The van der Waals surface area contributed by atoms with E-state index in [-0.39, 0.29) is 13.0 Å². The third-order valence-corrected chi connectivity index (χ3v) is 3.49. The summed E-state index contributed by atoms with van der Waals surface area (Å²) in [6.45, 7) is -0.321. The number of nitrogens with zero attached hydrogens (tertiary/aromatic N) is 1. The number of hydrogen-bond acceptors (Lipinski definition) is 5. The third-order valence-electron chi connectivity index (χ3n) is 2.54. The van der Waals surface area contributed by atoms with Crippen LogP contribution in [0, 0.1) is 0 Å². The Kier molecular flexibility index (Phi) is 4.49. The number of carboxylic acids is 1. The Morgan fingerprint density at radius 1 is 1.35 bits per heavy atom. The third kappa shape index (κ3) is 3.43. The summed E-state index contributed by atoms with van der Waals surface area (Å²) in [7, 11) is 0. The van der Waals surface area contributed by atoms with Gasteiger partial charge in [0.1, 0.15) is 6.04 Å². The van der Waals surface area contributed by atoms with Gasteiger partial charge >= 0.3 is 12.0 Å². The van der Waals surface area contributed by atoms with Crippen molar-refractivity contribution < 1.29 is 19.8 Å². The number of anilines is 1. The van der Waals surface area contributed by atoms with Gasteiger partial charge in [0.05, 0.1) is 10.2 Å². The Hall–Kier alpha value is -2.19. The highest BCUT2D eigenvalue weighted by atomic mass is 32.1. The van der Waals surface area contributed by atoms with E-state index in [4.69, 9.17) is 10.2 Å². The molecule has 2 amide bonds. The molecule has 0 radical (unpaired) electrons. The molecule has 0 saturated heterocycles. The minimum absolute atomic E-state index is 0.0530. The standard InChI is InChI=1S/C12H13N3O4S/c16-6-5-8(10(17)18)13-11(19)15-12-14-7-3-1-2-4-9(7)20-12/h1-4,8,16H,5-6H2,(H,17,18)(H2,13,14,15,19)/t8-/m0/s1. The molecule has 0 aliphatic heterocycles. The molecule has 8 heteroatoms. The average Bonchev–Trinajstić information content (AvgIpc) is 2.79. The number of carbonyl (C=O) groups is 2. The molecule has 0 spiro atoms. The van der Waals surface area contributed by atoms with E-state index in [2.05, 4.69) is 15.6 Å². The first-order chi connectivity index (χ1) is 9.60. The van der Waals surface area contributed by atoms with Crippen LogP contribution in [0.1, 0.15) is 6.42 Å². The Balaban J connectivity index is 2.01. The van der Waals surface area contributed by atoms with Crippen molar-refractivity contribution in [3.8, 4) is 0 Å². The number of benzene rings is 1. The molecular weight excluding hydrogens is 282 g/mol. The number of urea groups is 1. The molecule has 1 aromatic carbocycles. The van der Waals surface area contributed by atoms with E-state index in [9.17, 15) is 9.59 Å². The van der Waals surface area contributed by atoms with Gasteiger partial charge in [0.15, 0.2) is 5.13 Å². The summed E-state index contributed by atoms with van der Waals surface area (Å²) in [4.78, 5) is 26.7. The normalized spacial score (nSPS) is 12.1. The second-order valence-corrected chi connectivity index (χ2v) is 5.02. The number of hydrogen-bond donors (Lipinski definition) is 4. The van der Waals surface area contributed by atoms with Gasteiger partial charge in [0.2, 0.25) is 0 Å². The molecule has 2 aromatic rings. The lowest BCUT2D eigenvalue weighted by atomic mass is 10.2. The maximum atomic E-state index is 11.7. The minimum Gasteiger partial charge on any atom is -0.480 e. The number of aliphatic hydroxyl groups is 1. The average molecular weight is 295 g/mol. The van der Waals surface area contributed by atoms with E-state index in [1.54, 1.807) is 0 Å². The molecule has 0 fully saturated rings. The molecule has 4 N–H and O–H groups in total. The fourth-order valence-corrected chi connectivity index (χ4v) is 2.46. The van der Waals surface area contributed by atoms with Gasteiger partial charge in [-0.15, -0.1) is 0 Å². The van der Waals surface area contributed by atoms with Crippen LogP contribution in [-0.4, -0.2) is 39.8 Å². The smallest absolute Gasteiger partial charge is 0.326 e. The number of carbonyl (C=O) groups excluding carboxylic acids is 1. The van der Waals surface area contributed by atoms with Crippen molar-refractivity contribution in [3.63, 3.8) is 0 Å². The molecular formula is C12H13N3O4S. The first-order valence-electron chi connectivity index (χ1n) is 5.87. The van der Waals surface area contributed by atoms with Gasteiger partial charge in [-0.1, -0.05) is 23.5 Å². The predicted octanol–water partition coefficient (Wildman–Crippen LogP) is 1.25. The lowest BCUT2D eigenvalue weighted by molar-refractivity contribution is -0.139. The van der Waals surface area contributed by atoms with Gasteiger partial charge in [-0.3, -0.25) is 5.32 Å². The maximum absolute atomic E-state index is 11.7. The zero-order valence-electron chi connectivity index (χ0n) is 10.4. The second-order valence-electron chi connectivity index (χ2n) is 3.99. The zero-order chi connectivity index (χ0) is 14.5. The predicted molar refractivity (Wildman–Crippen MR) is 74.9 cm³/mol. The minimum atomic E-state index is -1.20. The number of aliphatic carboxylic acids is 1. The van der Waals surface area contributed by atoms with Crippen LogP contribution in [0.25, 0.3) is 10.2 Å². The highest BCUT2D eigenvalue weighted by molar-refractivity contribution is 7.22. The molecule has 1 atom stereocenters. The number of amides is 2. The van der Waals surface area contributed by atoms with Crippen LogP contribution in [0.2, 0.25) is 0 Å². The summed E-state index contributed by atoms with van der Waals surface area (Å²) in [5.41, 5.74) is 0.762. The summed E-state index contributed by atoms with van der Waals surface area (Å²) >= 11 is 1.29. The maximum Gasteiger partial charge on any atom is 0.326 e. The molecule has 1 aromatic heterocycles. The number of nitrogens with one attached hydrogen (secondary N) is 2. The van der Waals surface area contributed by atoms with Crippen LogP contribution in [-0.2, 0) is 4.79 Å². The number of aliphatic hydroxyl groups excluding tert-OH is 1. The molecule has 106 valence electrons. The molecule has 0 aliphatic carbocycles. The quantitative estimate of drug-likeness (QED) is 0.663. The van der Waals surface area contributed by atoms with Crippen molar-refractivity contribution in [2.75, 3.05) is 11.9 Å². The second kappa shape index (κ2) is 6.31. The molecule has 20 heavy (non-hydrogen) atoms. The number of aromatic nitrogens is 1. The van der Waals surface area contributed by atoms with Crippen LogP contribution >= 0.6 is 11.3 Å². The highest BCUT2D eigenvalue weighted by Crippen LogP contribution is 2.25. The van der Waals surface area contributed by atoms with Gasteiger partial charge in [-0.05, 0) is 12.1 Å².